The molecule has 2 aliphatic heterocycles. The molecule has 0 aromatic carbocycles. The Morgan fingerprint density at radius 1 is 1.40 bits per heavy atom. The minimum absolute atomic E-state index is 0.362. The maximum absolute atomic E-state index is 11.5. The van der Waals surface area contributed by atoms with E-state index in [1.54, 1.807) is 6.20 Å². The van der Waals surface area contributed by atoms with Gasteiger partial charge in [-0.15, -0.1) is 0 Å². The van der Waals surface area contributed by atoms with Crippen molar-refractivity contribution >= 4 is 11.8 Å². The van der Waals surface area contributed by atoms with E-state index in [4.69, 9.17) is 0 Å². The molecule has 4 rings (SSSR count). The molecule has 3 aliphatic rings. The number of hydrogen-bond donors (Lipinski definition) is 2. The first-order valence-electron chi connectivity index (χ1n) is 8.61. The number of nitrogens with one attached hydrogen (secondary N) is 2. The van der Waals surface area contributed by atoms with Gasteiger partial charge in [0.2, 0.25) is 0 Å². The largest absolute Gasteiger partial charge is 0.352 e. The van der Waals surface area contributed by atoms with Gasteiger partial charge in [-0.25, -0.2) is 14.8 Å². The van der Waals surface area contributed by atoms with Crippen molar-refractivity contribution in [2.24, 2.45) is 5.92 Å². The predicted molar refractivity (Wildman–Crippen MR) is 95.5 cm³/mol. The second-order valence-corrected chi connectivity index (χ2v) is 6.86. The van der Waals surface area contributed by atoms with Crippen LogP contribution in [-0.2, 0) is 4.79 Å². The number of rotatable bonds is 3. The fourth-order valence-corrected chi connectivity index (χ4v) is 4.16. The Morgan fingerprint density at radius 2 is 2.20 bits per heavy atom. The molecule has 6 heteroatoms. The monoisotopic (exact) mass is 335 g/mol. The lowest BCUT2D eigenvalue weighted by atomic mass is 9.90. The van der Waals surface area contributed by atoms with E-state index < -0.39 is 0 Å². The molecule has 0 bridgehead atoms. The predicted octanol–water partition coefficient (Wildman–Crippen LogP) is 2.71. The van der Waals surface area contributed by atoms with Crippen molar-refractivity contribution in [3.05, 3.63) is 60.1 Å². The first-order chi connectivity index (χ1) is 12.1. The summed E-state index contributed by atoms with van der Waals surface area (Å²) in [5, 5.41) is 6.71. The minimum Gasteiger partial charge on any atom is -0.352 e. The summed E-state index contributed by atoms with van der Waals surface area (Å²) >= 11 is 0. The summed E-state index contributed by atoms with van der Waals surface area (Å²) in [4.78, 5) is 21.8. The fraction of sp³-hybridized carbons (Fsp3) is 0.368. The van der Waals surface area contributed by atoms with E-state index in [1.165, 1.54) is 19.2 Å². The fourth-order valence-electron chi connectivity index (χ4n) is 4.16. The Bertz CT molecular complexity index is 815. The molecule has 2 fully saturated rings. The lowest BCUT2D eigenvalue weighted by molar-refractivity contribution is 0.124. The highest BCUT2D eigenvalue weighted by atomic mass is 16.1. The maximum Gasteiger partial charge on any atom is 0.152 e. The second-order valence-electron chi connectivity index (χ2n) is 6.86. The molecule has 1 aliphatic carbocycles. The third kappa shape index (κ3) is 2.46. The Labute approximate surface area is 147 Å². The Kier molecular flexibility index (Phi) is 3.70. The van der Waals surface area contributed by atoms with E-state index in [2.05, 4.69) is 44.9 Å². The lowest BCUT2D eigenvalue weighted by Gasteiger charge is -2.43. The van der Waals surface area contributed by atoms with Gasteiger partial charge in [0.25, 0.3) is 0 Å². The van der Waals surface area contributed by atoms with E-state index in [0.29, 0.717) is 17.4 Å². The molecule has 3 heterocycles. The Balaban J connectivity index is 1.70. The number of fused-ring (bicyclic) bond motifs is 1. The molecule has 1 unspecified atom stereocenters. The van der Waals surface area contributed by atoms with Gasteiger partial charge in [-0.05, 0) is 38.0 Å². The summed E-state index contributed by atoms with van der Waals surface area (Å²) in [6.45, 7) is 6.45. The van der Waals surface area contributed by atoms with Crippen molar-refractivity contribution in [3.63, 3.8) is 0 Å². The van der Waals surface area contributed by atoms with Gasteiger partial charge >= 0.3 is 0 Å². The quantitative estimate of drug-likeness (QED) is 0.828. The molecule has 25 heavy (non-hydrogen) atoms. The molecule has 0 spiro atoms. The molecule has 6 nitrogen and oxygen atoms in total. The van der Waals surface area contributed by atoms with E-state index in [1.807, 2.05) is 18.2 Å². The van der Waals surface area contributed by atoms with Gasteiger partial charge in [0, 0.05) is 12.1 Å². The topological polar surface area (TPSA) is 70.1 Å². The Hall–Kier alpha value is -2.85. The van der Waals surface area contributed by atoms with Gasteiger partial charge in [-0.2, -0.15) is 0 Å². The average molecular weight is 335 g/mol. The van der Waals surface area contributed by atoms with Crippen molar-refractivity contribution in [2.75, 3.05) is 5.32 Å². The van der Waals surface area contributed by atoms with Crippen molar-refractivity contribution in [1.82, 2.24) is 20.2 Å². The molecule has 1 aromatic heterocycles. The zero-order valence-corrected chi connectivity index (χ0v) is 14.2. The maximum atomic E-state index is 11.5. The van der Waals surface area contributed by atoms with Gasteiger partial charge in [0.1, 0.15) is 23.5 Å². The number of aromatic nitrogens is 2. The molecule has 1 atom stereocenters. The third-order valence-electron chi connectivity index (χ3n) is 5.43. The number of allylic oxidation sites excluding steroid dienone is 2. The van der Waals surface area contributed by atoms with Crippen LogP contribution in [0.2, 0.25) is 0 Å². The van der Waals surface area contributed by atoms with Crippen LogP contribution in [0.1, 0.15) is 32.6 Å². The number of anilines is 1. The molecule has 1 saturated carbocycles. The van der Waals surface area contributed by atoms with Gasteiger partial charge in [0.05, 0.1) is 17.1 Å². The highest BCUT2D eigenvalue weighted by Crippen LogP contribution is 2.46. The SMILES string of the molecule is C=C1C(Nc2ccncn2)=CC=C2C(=C=O)NC(C)(C3CCCC3)N12. The smallest absolute Gasteiger partial charge is 0.152 e. The molecular formula is C19H21N5O. The van der Waals surface area contributed by atoms with Crippen LogP contribution < -0.4 is 10.6 Å². The van der Waals surface area contributed by atoms with Crippen molar-refractivity contribution < 1.29 is 4.79 Å². The van der Waals surface area contributed by atoms with Crippen LogP contribution in [0, 0.1) is 5.92 Å². The van der Waals surface area contributed by atoms with Crippen LogP contribution in [-0.4, -0.2) is 26.5 Å². The molecular weight excluding hydrogens is 314 g/mol. The summed E-state index contributed by atoms with van der Waals surface area (Å²) in [7, 11) is 0. The average Bonchev–Trinajstić information content (AvgIpc) is 3.26. The number of nitrogens with zero attached hydrogens (tertiary/aromatic N) is 3. The van der Waals surface area contributed by atoms with E-state index in [0.717, 1.165) is 29.9 Å². The van der Waals surface area contributed by atoms with Crippen molar-refractivity contribution in [1.29, 1.82) is 0 Å². The van der Waals surface area contributed by atoms with Crippen LogP contribution in [0.25, 0.3) is 0 Å². The first kappa shape index (κ1) is 15.7. The molecule has 0 radical (unpaired) electrons. The summed E-state index contributed by atoms with van der Waals surface area (Å²) in [5.74, 6) is 3.22. The van der Waals surface area contributed by atoms with Crippen LogP contribution >= 0.6 is 0 Å². The number of hydrogen-bond acceptors (Lipinski definition) is 6. The molecule has 0 amide bonds. The third-order valence-corrected chi connectivity index (χ3v) is 5.43. The molecule has 128 valence electrons. The first-order valence-corrected chi connectivity index (χ1v) is 8.61. The van der Waals surface area contributed by atoms with Crippen LogP contribution in [0.4, 0.5) is 5.82 Å². The van der Waals surface area contributed by atoms with Gasteiger partial charge in [-0.1, -0.05) is 19.4 Å². The van der Waals surface area contributed by atoms with Crippen LogP contribution in [0.15, 0.2) is 60.1 Å². The van der Waals surface area contributed by atoms with Gasteiger partial charge < -0.3 is 15.5 Å². The summed E-state index contributed by atoms with van der Waals surface area (Å²) < 4.78 is 0. The molecule has 2 N–H and O–H groups in total. The van der Waals surface area contributed by atoms with Crippen LogP contribution in [0.5, 0.6) is 0 Å². The van der Waals surface area contributed by atoms with E-state index >= 15 is 0 Å². The summed E-state index contributed by atoms with van der Waals surface area (Å²) in [5.41, 5.74) is 2.67. The minimum atomic E-state index is -0.362. The van der Waals surface area contributed by atoms with E-state index in [9.17, 15) is 4.79 Å². The van der Waals surface area contributed by atoms with Gasteiger partial charge in [-0.3, -0.25) is 0 Å². The molecule has 1 aromatic rings. The van der Waals surface area contributed by atoms with Crippen LogP contribution in [0.3, 0.4) is 0 Å². The van der Waals surface area contributed by atoms with Crippen molar-refractivity contribution in [3.8, 4) is 0 Å². The van der Waals surface area contributed by atoms with E-state index in [-0.39, 0.29) is 5.66 Å². The summed E-state index contributed by atoms with van der Waals surface area (Å²) in [6, 6.07) is 1.81. The van der Waals surface area contributed by atoms with Crippen molar-refractivity contribution in [2.45, 2.75) is 38.3 Å². The second kappa shape index (κ2) is 5.90. The normalized spacial score (nSPS) is 25.9. The molecule has 1 saturated heterocycles. The Morgan fingerprint density at radius 3 is 2.88 bits per heavy atom. The van der Waals surface area contributed by atoms with Gasteiger partial charge in [0.15, 0.2) is 5.94 Å². The number of carbonyl (C=O) groups excluding carboxylic acids is 1. The highest BCUT2D eigenvalue weighted by Gasteiger charge is 2.50. The zero-order chi connectivity index (χ0) is 17.4. The lowest BCUT2D eigenvalue weighted by Crippen LogP contribution is -2.53. The standard InChI is InChI=1S/C19H21N5O/c1-13-15(22-18-9-10-20-12-21-18)7-8-17-16(11-25)23-19(2,24(13)17)14-5-3-4-6-14/h7-10,12,14,23H,1,3-6H2,2H3,(H,20,21,22). The zero-order valence-electron chi connectivity index (χ0n) is 14.2. The summed E-state index contributed by atoms with van der Waals surface area (Å²) in [6.07, 6.45) is 11.8. The highest BCUT2D eigenvalue weighted by molar-refractivity contribution is 5.66.